The molecule has 0 fully saturated rings. The van der Waals surface area contributed by atoms with Crippen molar-refractivity contribution in [3.8, 4) is 0 Å². The van der Waals surface area contributed by atoms with E-state index in [2.05, 4.69) is 134 Å². The largest absolute Gasteiger partial charge is 0.372 e. The zero-order valence-electron chi connectivity index (χ0n) is 28.2. The first-order valence-corrected chi connectivity index (χ1v) is 17.5. The molecule has 0 aliphatic heterocycles. The van der Waals surface area contributed by atoms with Gasteiger partial charge < -0.3 is 9.80 Å². The van der Waals surface area contributed by atoms with Gasteiger partial charge in [0.05, 0.1) is 5.56 Å². The zero-order valence-corrected chi connectivity index (χ0v) is 28.2. The van der Waals surface area contributed by atoms with Crippen LogP contribution in [0.2, 0.25) is 0 Å². The van der Waals surface area contributed by atoms with Gasteiger partial charge in [-0.1, -0.05) is 95.8 Å². The fourth-order valence-electron chi connectivity index (χ4n) is 6.15. The van der Waals surface area contributed by atoms with Crippen molar-refractivity contribution in [3.63, 3.8) is 0 Å². The van der Waals surface area contributed by atoms with Crippen LogP contribution in [-0.2, 0) is 0 Å². The minimum absolute atomic E-state index is 0.905. The lowest BCUT2D eigenvalue weighted by Crippen LogP contribution is -2.72. The number of hydrogen-bond donors (Lipinski definition) is 1. The summed E-state index contributed by atoms with van der Waals surface area (Å²) >= 11 is 0. The van der Waals surface area contributed by atoms with Crippen LogP contribution >= 0.6 is 0 Å². The van der Waals surface area contributed by atoms with Crippen molar-refractivity contribution in [1.82, 2.24) is 0 Å². The highest BCUT2D eigenvalue weighted by Gasteiger charge is 2.22. The molecule has 234 valence electrons. The van der Waals surface area contributed by atoms with Gasteiger partial charge in [-0.05, 0) is 96.9 Å². The maximum atomic E-state index is 3.58. The van der Waals surface area contributed by atoms with Gasteiger partial charge in [-0.15, -0.1) is 0 Å². The minimum Gasteiger partial charge on any atom is -0.372 e. The summed E-state index contributed by atoms with van der Waals surface area (Å²) in [6, 6.07) is 27.7. The van der Waals surface area contributed by atoms with Crippen molar-refractivity contribution in [2.24, 2.45) is 0 Å². The Labute approximate surface area is 268 Å². The van der Waals surface area contributed by atoms with Crippen molar-refractivity contribution >= 4 is 28.2 Å². The first-order chi connectivity index (χ1) is 21.6. The third-order valence-corrected chi connectivity index (χ3v) is 8.73. The van der Waals surface area contributed by atoms with E-state index in [4.69, 9.17) is 0 Å². The summed E-state index contributed by atoms with van der Waals surface area (Å²) in [6.45, 7) is 16.7. The highest BCUT2D eigenvalue weighted by atomic mass is 15.1. The number of anilines is 2. The Kier molecular flexibility index (Phi) is 13.4. The van der Waals surface area contributed by atoms with Crippen LogP contribution in [0.25, 0.3) is 11.1 Å². The van der Waals surface area contributed by atoms with Gasteiger partial charge in [0.1, 0.15) is 6.54 Å². The summed E-state index contributed by atoms with van der Waals surface area (Å²) in [5, 5.41) is 0. The van der Waals surface area contributed by atoms with Gasteiger partial charge in [-0.3, -0.25) is 0 Å². The monoisotopic (exact) mass is 590 g/mol. The lowest BCUT2D eigenvalue weighted by Gasteiger charge is -2.26. The molecule has 1 aliphatic carbocycles. The second kappa shape index (κ2) is 17.6. The van der Waals surface area contributed by atoms with Gasteiger partial charge in [0, 0.05) is 43.6 Å². The maximum Gasteiger partial charge on any atom is 0.206 e. The highest BCUT2D eigenvalue weighted by Crippen LogP contribution is 2.38. The number of unbranched alkanes of at least 4 members (excludes halogenated alkanes) is 4. The molecule has 0 unspecified atom stereocenters. The van der Waals surface area contributed by atoms with Crippen molar-refractivity contribution in [2.75, 3.05) is 42.5 Å². The number of nitrogens with one attached hydrogen (secondary N) is 1. The number of benzene rings is 3. The zero-order chi connectivity index (χ0) is 31.1. The molecule has 0 radical (unpaired) electrons. The SMILES string of the molecule is CCCCN(CCCC)c1ccc(C(=C2C=CC(=[NH+]CC)c3ccccc32)c2ccc(N(CCCC)CCCC)cc2)cc1. The molecule has 44 heavy (non-hydrogen) atoms. The van der Waals surface area contributed by atoms with Gasteiger partial charge in [0.2, 0.25) is 5.71 Å². The Morgan fingerprint density at radius 2 is 0.955 bits per heavy atom. The molecule has 3 aromatic carbocycles. The molecule has 0 atom stereocenters. The first kappa shape index (κ1) is 33.3. The van der Waals surface area contributed by atoms with Gasteiger partial charge in [-0.25, -0.2) is 4.99 Å². The van der Waals surface area contributed by atoms with E-state index in [0.29, 0.717) is 0 Å². The molecule has 1 aliphatic rings. The highest BCUT2D eigenvalue weighted by molar-refractivity contribution is 6.17. The fraction of sp³-hybridized carbons (Fsp3) is 0.439. The van der Waals surface area contributed by atoms with Gasteiger partial charge in [0.15, 0.2) is 0 Å². The number of allylic oxidation sites excluding steroid dienone is 3. The van der Waals surface area contributed by atoms with Crippen LogP contribution in [0.3, 0.4) is 0 Å². The normalized spacial score (nSPS) is 13.3. The van der Waals surface area contributed by atoms with Crippen molar-refractivity contribution < 1.29 is 4.99 Å². The van der Waals surface area contributed by atoms with Crippen LogP contribution in [0.5, 0.6) is 0 Å². The Balaban J connectivity index is 1.81. The summed E-state index contributed by atoms with van der Waals surface area (Å²) in [5.41, 5.74) is 11.5. The molecule has 0 saturated carbocycles. The van der Waals surface area contributed by atoms with Crippen molar-refractivity contribution in [2.45, 2.75) is 86.0 Å². The Morgan fingerprint density at radius 1 is 0.523 bits per heavy atom. The topological polar surface area (TPSA) is 20.5 Å². The van der Waals surface area contributed by atoms with Crippen molar-refractivity contribution in [1.29, 1.82) is 0 Å². The first-order valence-electron chi connectivity index (χ1n) is 17.5. The summed E-state index contributed by atoms with van der Waals surface area (Å²) in [6.07, 6.45) is 14.4. The quantitative estimate of drug-likeness (QED) is 0.169. The van der Waals surface area contributed by atoms with Crippen molar-refractivity contribution in [3.05, 3.63) is 107 Å². The Hall–Kier alpha value is -3.59. The average Bonchev–Trinajstić information content (AvgIpc) is 3.07. The summed E-state index contributed by atoms with van der Waals surface area (Å²) in [4.78, 5) is 8.74. The minimum atomic E-state index is 0.905. The van der Waals surface area contributed by atoms with E-state index in [1.54, 1.807) is 0 Å². The van der Waals surface area contributed by atoms with Crippen LogP contribution in [0.15, 0.2) is 84.9 Å². The molecule has 3 heteroatoms. The number of rotatable bonds is 17. The van der Waals surface area contributed by atoms with E-state index in [-0.39, 0.29) is 0 Å². The van der Waals surface area contributed by atoms with E-state index in [1.165, 1.54) is 102 Å². The van der Waals surface area contributed by atoms with Gasteiger partial charge >= 0.3 is 0 Å². The lowest BCUT2D eigenvalue weighted by molar-refractivity contribution is -0.450. The molecular formula is C41H56N3+. The van der Waals surface area contributed by atoms with Gasteiger partial charge in [-0.2, -0.15) is 0 Å². The third kappa shape index (κ3) is 8.52. The van der Waals surface area contributed by atoms with Crippen LogP contribution in [0.4, 0.5) is 11.4 Å². The summed E-state index contributed by atoms with van der Waals surface area (Å²) in [5.74, 6) is 0. The van der Waals surface area contributed by atoms with Crippen LogP contribution in [-0.4, -0.2) is 38.4 Å². The molecule has 0 aromatic heterocycles. The standard InChI is InChI=1S/C41H55N3/c1-6-11-29-43(30-12-7-2)35-23-19-33(20-24-35)41(39-27-28-40(42-10-5)38-18-16-15-17-37(38)39)34-21-25-36(26-22-34)44(31-13-8-3)32-14-9-4/h15-28H,6-14,29-32H2,1-5H3/p+1. The summed E-state index contributed by atoms with van der Waals surface area (Å²) in [7, 11) is 0. The lowest BCUT2D eigenvalue weighted by atomic mass is 9.83. The van der Waals surface area contributed by atoms with Crippen LogP contribution < -0.4 is 14.8 Å². The van der Waals surface area contributed by atoms with E-state index in [9.17, 15) is 0 Å². The molecule has 3 nitrogen and oxygen atoms in total. The molecule has 3 aromatic rings. The van der Waals surface area contributed by atoms with Gasteiger partial charge in [0.25, 0.3) is 0 Å². The molecule has 0 amide bonds. The van der Waals surface area contributed by atoms with E-state index >= 15 is 0 Å². The maximum absolute atomic E-state index is 3.58. The molecule has 4 rings (SSSR count). The average molecular weight is 591 g/mol. The predicted octanol–water partition coefficient (Wildman–Crippen LogP) is 8.92. The molecule has 0 saturated heterocycles. The number of fused-ring (bicyclic) bond motifs is 1. The Bertz CT molecular complexity index is 1300. The molecule has 1 N–H and O–H groups in total. The molecule has 0 bridgehead atoms. The number of nitrogens with zero attached hydrogens (tertiary/aromatic N) is 2. The van der Waals surface area contributed by atoms with Crippen LogP contribution in [0, 0.1) is 0 Å². The number of hydrogen-bond acceptors (Lipinski definition) is 2. The second-order valence-corrected chi connectivity index (χ2v) is 12.1. The predicted molar refractivity (Wildman–Crippen MR) is 194 cm³/mol. The Morgan fingerprint density at radius 3 is 1.36 bits per heavy atom. The summed E-state index contributed by atoms with van der Waals surface area (Å²) < 4.78 is 0. The van der Waals surface area contributed by atoms with E-state index < -0.39 is 0 Å². The fourth-order valence-corrected chi connectivity index (χ4v) is 6.15. The third-order valence-electron chi connectivity index (χ3n) is 8.73. The molecular weight excluding hydrogens is 534 g/mol. The van der Waals surface area contributed by atoms with Crippen LogP contribution in [0.1, 0.15) is 108 Å². The smallest absolute Gasteiger partial charge is 0.206 e. The molecule has 0 spiro atoms. The van der Waals surface area contributed by atoms with E-state index in [1.807, 2.05) is 0 Å². The molecule has 0 heterocycles. The second-order valence-electron chi connectivity index (χ2n) is 12.1. The van der Waals surface area contributed by atoms with E-state index in [0.717, 1.165) is 32.7 Å².